The van der Waals surface area contributed by atoms with Crippen molar-refractivity contribution in [1.29, 1.82) is 0 Å². The molecule has 0 bridgehead atoms. The molecule has 3 rings (SSSR count). The van der Waals surface area contributed by atoms with Crippen molar-refractivity contribution < 1.29 is 13.9 Å². The second-order valence-electron chi connectivity index (χ2n) is 5.06. The Kier molecular flexibility index (Phi) is 4.75. The predicted molar refractivity (Wildman–Crippen MR) is 95.5 cm³/mol. The Bertz CT molecular complexity index is 909. The number of hydrogen-bond acceptors (Lipinski definition) is 5. The fraction of sp³-hybridized carbons (Fsp3) is 0.0556. The minimum absolute atomic E-state index is 0.0816. The molecule has 2 aromatic carbocycles. The van der Waals surface area contributed by atoms with E-state index in [1.165, 1.54) is 6.08 Å². The number of nitrogens with zero attached hydrogens (tertiary/aromatic N) is 2. The first-order valence-electron chi connectivity index (χ1n) is 7.47. The molecule has 1 heterocycles. The van der Waals surface area contributed by atoms with Gasteiger partial charge in [-0.3, -0.25) is 10.1 Å². The first kappa shape index (κ1) is 16.3. The van der Waals surface area contributed by atoms with E-state index >= 15 is 0 Å². The molecule has 0 spiro atoms. The average Bonchev–Trinajstić information content (AvgIpc) is 3.02. The SMILES string of the molecule is COc1ccc(/C=C/C(=O)N/C(N)=N/c2nc3ccccc3o2)cc1. The van der Waals surface area contributed by atoms with Crippen LogP contribution in [0.5, 0.6) is 5.75 Å². The van der Waals surface area contributed by atoms with Crippen molar-refractivity contribution in [2.45, 2.75) is 0 Å². The monoisotopic (exact) mass is 336 g/mol. The predicted octanol–water partition coefficient (Wildman–Crippen LogP) is 2.61. The van der Waals surface area contributed by atoms with E-state index in [1.54, 1.807) is 37.5 Å². The van der Waals surface area contributed by atoms with Crippen LogP contribution in [0.15, 0.2) is 64.0 Å². The lowest BCUT2D eigenvalue weighted by molar-refractivity contribution is -0.115. The molecule has 7 nitrogen and oxygen atoms in total. The van der Waals surface area contributed by atoms with Crippen molar-refractivity contribution in [1.82, 2.24) is 10.3 Å². The number of fused-ring (bicyclic) bond motifs is 1. The number of guanidine groups is 1. The summed E-state index contributed by atoms with van der Waals surface area (Å²) in [4.78, 5) is 20.0. The number of para-hydroxylation sites is 2. The molecular weight excluding hydrogens is 320 g/mol. The Balaban J connectivity index is 1.63. The number of carbonyl (C=O) groups excluding carboxylic acids is 1. The first-order valence-corrected chi connectivity index (χ1v) is 7.47. The molecule has 25 heavy (non-hydrogen) atoms. The Morgan fingerprint density at radius 1 is 1.24 bits per heavy atom. The van der Waals surface area contributed by atoms with Crippen molar-refractivity contribution in [3.05, 3.63) is 60.2 Å². The van der Waals surface area contributed by atoms with E-state index in [-0.39, 0.29) is 12.0 Å². The van der Waals surface area contributed by atoms with Gasteiger partial charge in [0, 0.05) is 6.08 Å². The van der Waals surface area contributed by atoms with Crippen molar-refractivity contribution in [2.75, 3.05) is 7.11 Å². The number of hydrogen-bond donors (Lipinski definition) is 2. The van der Waals surface area contributed by atoms with Gasteiger partial charge in [-0.1, -0.05) is 24.3 Å². The fourth-order valence-corrected chi connectivity index (χ4v) is 2.09. The number of carbonyl (C=O) groups is 1. The molecule has 0 fully saturated rings. The number of methoxy groups -OCH3 is 1. The van der Waals surface area contributed by atoms with E-state index in [0.29, 0.717) is 11.1 Å². The minimum atomic E-state index is -0.409. The number of aromatic nitrogens is 1. The standard InChI is InChI=1S/C18H16N4O3/c1-24-13-9-6-12(7-10-13)8-11-16(23)21-17(19)22-18-20-14-4-2-3-5-15(14)25-18/h2-11H,1H3,(H3,19,20,21,22,23)/b11-8+. The van der Waals surface area contributed by atoms with Crippen LogP contribution in [0.25, 0.3) is 17.2 Å². The lowest BCUT2D eigenvalue weighted by Crippen LogP contribution is -2.35. The summed E-state index contributed by atoms with van der Waals surface area (Å²) in [7, 11) is 1.59. The zero-order valence-corrected chi connectivity index (χ0v) is 13.5. The lowest BCUT2D eigenvalue weighted by Gasteiger charge is -2.00. The quantitative estimate of drug-likeness (QED) is 0.433. The molecule has 3 N–H and O–H groups in total. The van der Waals surface area contributed by atoms with Gasteiger partial charge in [-0.15, -0.1) is 0 Å². The topological polar surface area (TPSA) is 103 Å². The smallest absolute Gasteiger partial charge is 0.325 e. The summed E-state index contributed by atoms with van der Waals surface area (Å²) in [6, 6.07) is 14.6. The van der Waals surface area contributed by atoms with Gasteiger partial charge in [-0.25, -0.2) is 0 Å². The highest BCUT2D eigenvalue weighted by Crippen LogP contribution is 2.19. The molecule has 126 valence electrons. The van der Waals surface area contributed by atoms with Crippen molar-refractivity contribution in [2.24, 2.45) is 10.7 Å². The summed E-state index contributed by atoms with van der Waals surface area (Å²) in [5.74, 6) is 0.237. The second kappa shape index (κ2) is 7.31. The van der Waals surface area contributed by atoms with Crippen LogP contribution in [0.4, 0.5) is 6.01 Å². The Labute approximate surface area is 143 Å². The molecule has 0 saturated carbocycles. The van der Waals surface area contributed by atoms with Crippen LogP contribution in [-0.4, -0.2) is 24.0 Å². The van der Waals surface area contributed by atoms with Gasteiger partial charge in [0.2, 0.25) is 5.96 Å². The third-order valence-electron chi connectivity index (χ3n) is 3.29. The molecular formula is C18H16N4O3. The first-order chi connectivity index (χ1) is 12.1. The molecule has 0 atom stereocenters. The van der Waals surface area contributed by atoms with Gasteiger partial charge in [-0.05, 0) is 35.9 Å². The van der Waals surface area contributed by atoms with E-state index in [0.717, 1.165) is 11.3 Å². The van der Waals surface area contributed by atoms with Gasteiger partial charge in [-0.2, -0.15) is 9.98 Å². The van der Waals surface area contributed by atoms with Crippen LogP contribution >= 0.6 is 0 Å². The summed E-state index contributed by atoms with van der Waals surface area (Å²) in [5.41, 5.74) is 7.82. The molecule has 0 aliphatic rings. The normalized spacial score (nSPS) is 11.8. The molecule has 7 heteroatoms. The maximum absolute atomic E-state index is 11.9. The van der Waals surface area contributed by atoms with Crippen LogP contribution in [0, 0.1) is 0 Å². The third kappa shape index (κ3) is 4.23. The lowest BCUT2D eigenvalue weighted by atomic mass is 10.2. The summed E-state index contributed by atoms with van der Waals surface area (Å²) in [6.07, 6.45) is 3.01. The third-order valence-corrected chi connectivity index (χ3v) is 3.29. The van der Waals surface area contributed by atoms with Crippen LogP contribution in [-0.2, 0) is 4.79 Å². The Morgan fingerprint density at radius 3 is 2.72 bits per heavy atom. The number of aliphatic imine (C=N–C) groups is 1. The van der Waals surface area contributed by atoms with E-state index in [2.05, 4.69) is 15.3 Å². The molecule has 0 radical (unpaired) electrons. The highest BCUT2D eigenvalue weighted by Gasteiger charge is 2.05. The zero-order chi connectivity index (χ0) is 17.6. The van der Waals surface area contributed by atoms with Crippen molar-refractivity contribution in [3.63, 3.8) is 0 Å². The van der Waals surface area contributed by atoms with Gasteiger partial charge < -0.3 is 14.9 Å². The molecule has 0 saturated heterocycles. The molecule has 1 aromatic heterocycles. The Morgan fingerprint density at radius 2 is 2.00 bits per heavy atom. The van der Waals surface area contributed by atoms with E-state index in [9.17, 15) is 4.79 Å². The molecule has 0 unspecified atom stereocenters. The highest BCUT2D eigenvalue weighted by molar-refractivity contribution is 6.03. The number of nitrogens with two attached hydrogens (primary N) is 1. The number of benzene rings is 2. The second-order valence-corrected chi connectivity index (χ2v) is 5.06. The van der Waals surface area contributed by atoms with Crippen molar-refractivity contribution in [3.8, 4) is 5.75 Å². The zero-order valence-electron chi connectivity index (χ0n) is 13.5. The largest absolute Gasteiger partial charge is 0.497 e. The number of amides is 1. The van der Waals surface area contributed by atoms with Crippen LogP contribution in [0.1, 0.15) is 5.56 Å². The number of oxazole rings is 1. The number of nitrogens with one attached hydrogen (secondary N) is 1. The fourth-order valence-electron chi connectivity index (χ4n) is 2.09. The van der Waals surface area contributed by atoms with Gasteiger partial charge in [0.1, 0.15) is 11.3 Å². The van der Waals surface area contributed by atoms with Gasteiger partial charge in [0.05, 0.1) is 7.11 Å². The average molecular weight is 336 g/mol. The van der Waals surface area contributed by atoms with Crippen LogP contribution in [0.2, 0.25) is 0 Å². The molecule has 0 aliphatic carbocycles. The highest BCUT2D eigenvalue weighted by atomic mass is 16.5. The van der Waals surface area contributed by atoms with Crippen molar-refractivity contribution >= 4 is 35.1 Å². The van der Waals surface area contributed by atoms with E-state index < -0.39 is 5.91 Å². The van der Waals surface area contributed by atoms with E-state index in [4.69, 9.17) is 14.9 Å². The minimum Gasteiger partial charge on any atom is -0.497 e. The van der Waals surface area contributed by atoms with E-state index in [1.807, 2.05) is 24.3 Å². The maximum atomic E-state index is 11.9. The molecule has 1 amide bonds. The molecule has 0 aliphatic heterocycles. The number of ether oxygens (including phenoxy) is 1. The summed E-state index contributed by atoms with van der Waals surface area (Å²) in [5, 5.41) is 2.44. The number of rotatable bonds is 4. The van der Waals surface area contributed by atoms with Crippen LogP contribution in [0.3, 0.4) is 0 Å². The summed E-state index contributed by atoms with van der Waals surface area (Å²) >= 11 is 0. The van der Waals surface area contributed by atoms with Gasteiger partial charge in [0.15, 0.2) is 5.58 Å². The van der Waals surface area contributed by atoms with Crippen LogP contribution < -0.4 is 15.8 Å². The summed E-state index contributed by atoms with van der Waals surface area (Å²) < 4.78 is 10.5. The maximum Gasteiger partial charge on any atom is 0.325 e. The Hall–Kier alpha value is -3.61. The van der Waals surface area contributed by atoms with Gasteiger partial charge in [0.25, 0.3) is 5.91 Å². The van der Waals surface area contributed by atoms with Gasteiger partial charge >= 0.3 is 6.01 Å². The molecule has 3 aromatic rings. The summed E-state index contributed by atoms with van der Waals surface area (Å²) in [6.45, 7) is 0.